The van der Waals surface area contributed by atoms with Crippen LogP contribution in [0, 0.1) is 0 Å². The van der Waals surface area contributed by atoms with E-state index in [2.05, 4.69) is 55.4 Å². The van der Waals surface area contributed by atoms with Crippen molar-refractivity contribution >= 4 is 11.5 Å². The number of aromatic nitrogens is 1. The van der Waals surface area contributed by atoms with Gasteiger partial charge >= 0.3 is 0 Å². The first-order chi connectivity index (χ1) is 11.7. The Kier molecular flexibility index (Phi) is 11.3. The van der Waals surface area contributed by atoms with Gasteiger partial charge in [0, 0.05) is 12.1 Å². The maximum Gasteiger partial charge on any atom is 0.126 e. The van der Waals surface area contributed by atoms with Gasteiger partial charge in [-0.2, -0.15) is 0 Å². The number of hydrogen-bond donors (Lipinski definition) is 2. The molecule has 0 aliphatic rings. The van der Waals surface area contributed by atoms with Gasteiger partial charge in [-0.25, -0.2) is 4.98 Å². The third-order valence-corrected chi connectivity index (χ3v) is 4.55. The summed E-state index contributed by atoms with van der Waals surface area (Å²) in [6, 6.07) is 5.24. The van der Waals surface area contributed by atoms with E-state index in [1.165, 1.54) is 64.2 Å². The number of pyridine rings is 1. The van der Waals surface area contributed by atoms with Gasteiger partial charge in [0.2, 0.25) is 0 Å². The lowest BCUT2D eigenvalue weighted by molar-refractivity contribution is 0.592. The lowest BCUT2D eigenvalue weighted by Gasteiger charge is -2.17. The van der Waals surface area contributed by atoms with Crippen LogP contribution in [-0.4, -0.2) is 17.1 Å². The van der Waals surface area contributed by atoms with Crippen molar-refractivity contribution in [1.29, 1.82) is 0 Å². The number of nitrogens with zero attached hydrogens (tertiary/aromatic N) is 1. The minimum absolute atomic E-state index is 0.491. The first-order valence-electron chi connectivity index (χ1n) is 10.1. The molecule has 0 radical (unpaired) electrons. The molecule has 3 heteroatoms. The number of rotatable bonds is 14. The SMILES string of the molecule is CCCCCCC(C)Nc1ccc(NC(C)CCCCCC)nc1. The maximum absolute atomic E-state index is 4.55. The summed E-state index contributed by atoms with van der Waals surface area (Å²) in [7, 11) is 0. The van der Waals surface area contributed by atoms with Crippen LogP contribution in [0.1, 0.15) is 91.9 Å². The number of unbranched alkanes of at least 4 members (excludes halogenated alkanes) is 6. The summed E-state index contributed by atoms with van der Waals surface area (Å²) in [5.41, 5.74) is 1.12. The lowest BCUT2D eigenvalue weighted by Crippen LogP contribution is -2.17. The summed E-state index contributed by atoms with van der Waals surface area (Å²) in [4.78, 5) is 4.55. The molecule has 1 aromatic heterocycles. The van der Waals surface area contributed by atoms with E-state index < -0.39 is 0 Å². The highest BCUT2D eigenvalue weighted by molar-refractivity contribution is 5.48. The second-order valence-electron chi connectivity index (χ2n) is 7.22. The van der Waals surface area contributed by atoms with Crippen molar-refractivity contribution in [2.24, 2.45) is 0 Å². The Hall–Kier alpha value is -1.25. The van der Waals surface area contributed by atoms with Crippen LogP contribution in [-0.2, 0) is 0 Å². The Bertz CT molecular complexity index is 363. The van der Waals surface area contributed by atoms with E-state index in [4.69, 9.17) is 0 Å². The molecule has 0 spiro atoms. The average Bonchev–Trinajstić information content (AvgIpc) is 2.57. The second kappa shape index (κ2) is 13.1. The molecule has 0 saturated heterocycles. The summed E-state index contributed by atoms with van der Waals surface area (Å²) < 4.78 is 0. The van der Waals surface area contributed by atoms with E-state index in [1.807, 2.05) is 6.20 Å². The van der Waals surface area contributed by atoms with Gasteiger partial charge in [-0.1, -0.05) is 65.2 Å². The van der Waals surface area contributed by atoms with Crippen LogP contribution < -0.4 is 10.6 Å². The number of hydrogen-bond acceptors (Lipinski definition) is 3. The molecule has 0 saturated carbocycles. The Morgan fingerprint density at radius 2 is 1.38 bits per heavy atom. The molecule has 0 aliphatic carbocycles. The Morgan fingerprint density at radius 1 is 0.792 bits per heavy atom. The highest BCUT2D eigenvalue weighted by Crippen LogP contribution is 2.15. The van der Waals surface area contributed by atoms with Gasteiger partial charge in [0.1, 0.15) is 5.82 Å². The standard InChI is InChI=1S/C21H39N3/c1-5-7-9-11-13-18(3)23-20-15-16-21(22-17-20)24-19(4)14-12-10-8-6-2/h15-19,23H,5-14H2,1-4H3,(H,22,24). The largest absolute Gasteiger partial charge is 0.381 e. The molecular weight excluding hydrogens is 294 g/mol. The van der Waals surface area contributed by atoms with E-state index in [1.54, 1.807) is 0 Å². The van der Waals surface area contributed by atoms with Gasteiger partial charge in [0.25, 0.3) is 0 Å². The van der Waals surface area contributed by atoms with Crippen molar-refractivity contribution in [3.05, 3.63) is 18.3 Å². The molecule has 1 heterocycles. The molecule has 0 bridgehead atoms. The summed E-state index contributed by atoms with van der Waals surface area (Å²) >= 11 is 0. The lowest BCUT2D eigenvalue weighted by atomic mass is 10.1. The van der Waals surface area contributed by atoms with Crippen LogP contribution in [0.15, 0.2) is 18.3 Å². The molecule has 0 aliphatic heterocycles. The summed E-state index contributed by atoms with van der Waals surface area (Å²) in [5, 5.41) is 7.07. The molecule has 1 aromatic rings. The zero-order chi connectivity index (χ0) is 17.6. The van der Waals surface area contributed by atoms with Gasteiger partial charge in [-0.15, -0.1) is 0 Å². The predicted octanol–water partition coefficient (Wildman–Crippen LogP) is 6.62. The fourth-order valence-corrected chi connectivity index (χ4v) is 3.00. The van der Waals surface area contributed by atoms with E-state index in [0.717, 1.165) is 11.5 Å². The fourth-order valence-electron chi connectivity index (χ4n) is 3.00. The molecule has 0 fully saturated rings. The van der Waals surface area contributed by atoms with Gasteiger partial charge in [-0.05, 0) is 38.8 Å². The third-order valence-electron chi connectivity index (χ3n) is 4.55. The molecule has 138 valence electrons. The molecule has 1 rings (SSSR count). The second-order valence-corrected chi connectivity index (χ2v) is 7.22. The van der Waals surface area contributed by atoms with Gasteiger partial charge in [0.05, 0.1) is 11.9 Å². The van der Waals surface area contributed by atoms with Crippen LogP contribution in [0.5, 0.6) is 0 Å². The Morgan fingerprint density at radius 3 is 1.88 bits per heavy atom. The molecule has 0 amide bonds. The molecule has 2 atom stereocenters. The minimum Gasteiger partial charge on any atom is -0.381 e. The molecule has 24 heavy (non-hydrogen) atoms. The minimum atomic E-state index is 0.491. The van der Waals surface area contributed by atoms with Crippen molar-refractivity contribution in [2.45, 2.75) is 104 Å². The normalized spacial score (nSPS) is 13.5. The smallest absolute Gasteiger partial charge is 0.126 e. The van der Waals surface area contributed by atoms with Crippen LogP contribution in [0.2, 0.25) is 0 Å². The molecule has 0 aromatic carbocycles. The van der Waals surface area contributed by atoms with Crippen molar-refractivity contribution in [2.75, 3.05) is 10.6 Å². The van der Waals surface area contributed by atoms with Crippen molar-refractivity contribution < 1.29 is 0 Å². The molecular formula is C21H39N3. The van der Waals surface area contributed by atoms with E-state index in [9.17, 15) is 0 Å². The predicted molar refractivity (Wildman–Crippen MR) is 108 cm³/mol. The van der Waals surface area contributed by atoms with Gasteiger partial charge in [-0.3, -0.25) is 0 Å². The average molecular weight is 334 g/mol. The third kappa shape index (κ3) is 9.79. The zero-order valence-electron chi connectivity index (χ0n) is 16.4. The molecule has 2 N–H and O–H groups in total. The van der Waals surface area contributed by atoms with Crippen molar-refractivity contribution in [1.82, 2.24) is 4.98 Å². The van der Waals surface area contributed by atoms with Gasteiger partial charge < -0.3 is 10.6 Å². The van der Waals surface area contributed by atoms with Crippen LogP contribution in [0.4, 0.5) is 11.5 Å². The number of nitrogens with one attached hydrogen (secondary N) is 2. The topological polar surface area (TPSA) is 37.0 Å². The van der Waals surface area contributed by atoms with Crippen LogP contribution in [0.25, 0.3) is 0 Å². The first-order valence-corrected chi connectivity index (χ1v) is 10.1. The Labute approximate surface area is 150 Å². The summed E-state index contributed by atoms with van der Waals surface area (Å²) in [6.07, 6.45) is 15.0. The summed E-state index contributed by atoms with van der Waals surface area (Å²) in [6.45, 7) is 9.02. The zero-order valence-corrected chi connectivity index (χ0v) is 16.4. The van der Waals surface area contributed by atoms with Crippen molar-refractivity contribution in [3.8, 4) is 0 Å². The molecule has 3 nitrogen and oxygen atoms in total. The highest BCUT2D eigenvalue weighted by Gasteiger charge is 2.05. The monoisotopic (exact) mass is 333 g/mol. The fraction of sp³-hybridized carbons (Fsp3) is 0.762. The van der Waals surface area contributed by atoms with Gasteiger partial charge in [0.15, 0.2) is 0 Å². The summed E-state index contributed by atoms with van der Waals surface area (Å²) in [5.74, 6) is 0.985. The highest BCUT2D eigenvalue weighted by atomic mass is 15.0. The van der Waals surface area contributed by atoms with E-state index >= 15 is 0 Å². The number of anilines is 2. The quantitative estimate of drug-likeness (QED) is 0.375. The van der Waals surface area contributed by atoms with E-state index in [-0.39, 0.29) is 0 Å². The van der Waals surface area contributed by atoms with Crippen LogP contribution in [0.3, 0.4) is 0 Å². The first kappa shape index (κ1) is 20.8. The van der Waals surface area contributed by atoms with Crippen molar-refractivity contribution in [3.63, 3.8) is 0 Å². The van der Waals surface area contributed by atoms with E-state index in [0.29, 0.717) is 12.1 Å². The van der Waals surface area contributed by atoms with Crippen LogP contribution >= 0.6 is 0 Å². The Balaban J connectivity index is 2.26. The molecule has 2 unspecified atom stereocenters. The maximum atomic E-state index is 4.55.